The van der Waals surface area contributed by atoms with Gasteiger partial charge in [0.25, 0.3) is 5.01 Å². The van der Waals surface area contributed by atoms with Crippen LogP contribution in [0.15, 0.2) is 84.2 Å². The largest absolute Gasteiger partial charge is 0.378 e. The minimum absolute atomic E-state index is 1.20. The Balaban J connectivity index is 1.65. The van der Waals surface area contributed by atoms with E-state index in [1.165, 1.54) is 38.6 Å². The number of hydrogen-bond donors (Lipinski definition) is 0. The van der Waals surface area contributed by atoms with Crippen LogP contribution < -0.4 is 9.47 Å². The normalized spacial score (nSPS) is 11.1. The van der Waals surface area contributed by atoms with Crippen molar-refractivity contribution in [1.29, 1.82) is 0 Å². The third-order valence-corrected chi connectivity index (χ3v) is 6.09. The van der Waals surface area contributed by atoms with Crippen LogP contribution in [0.2, 0.25) is 0 Å². The first-order valence-electron chi connectivity index (χ1n) is 9.71. The molecule has 3 aromatic carbocycles. The van der Waals surface area contributed by atoms with Crippen molar-refractivity contribution in [3.8, 4) is 22.4 Å². The van der Waals surface area contributed by atoms with Gasteiger partial charge in [0.05, 0.1) is 10.9 Å². The number of rotatable bonds is 5. The zero-order valence-electron chi connectivity index (χ0n) is 17.0. The van der Waals surface area contributed by atoms with Crippen LogP contribution in [0, 0.1) is 0 Å². The lowest BCUT2D eigenvalue weighted by Gasteiger charge is -2.11. The predicted octanol–water partition coefficient (Wildman–Crippen LogP) is 6.14. The number of aromatic nitrogens is 1. The molecule has 4 rings (SSSR count). The Morgan fingerprint density at radius 1 is 0.759 bits per heavy atom. The summed E-state index contributed by atoms with van der Waals surface area (Å²) in [5.74, 6) is 0. The molecule has 2 nitrogen and oxygen atoms in total. The van der Waals surface area contributed by atoms with Crippen LogP contribution in [0.1, 0.15) is 10.6 Å². The van der Waals surface area contributed by atoms with Gasteiger partial charge < -0.3 is 4.90 Å². The van der Waals surface area contributed by atoms with Crippen molar-refractivity contribution < 1.29 is 4.57 Å². The molecule has 0 aliphatic heterocycles. The lowest BCUT2D eigenvalue weighted by atomic mass is 9.98. The van der Waals surface area contributed by atoms with Crippen LogP contribution in [-0.2, 0) is 7.05 Å². The van der Waals surface area contributed by atoms with Gasteiger partial charge in [0, 0.05) is 25.9 Å². The summed E-state index contributed by atoms with van der Waals surface area (Å²) >= 11 is 1.77. The molecular formula is C26H25N2S+. The summed E-state index contributed by atoms with van der Waals surface area (Å²) in [6, 6.07) is 27.8. The molecule has 1 heterocycles. The van der Waals surface area contributed by atoms with Crippen molar-refractivity contribution in [3.05, 3.63) is 94.8 Å². The maximum absolute atomic E-state index is 2.27. The predicted molar refractivity (Wildman–Crippen MR) is 126 cm³/mol. The summed E-state index contributed by atoms with van der Waals surface area (Å²) < 4.78 is 2.27. The maximum atomic E-state index is 2.27. The van der Waals surface area contributed by atoms with Crippen molar-refractivity contribution in [1.82, 2.24) is 0 Å². The first-order chi connectivity index (χ1) is 14.1. The highest BCUT2D eigenvalue weighted by Crippen LogP contribution is 2.31. The molecule has 0 radical (unpaired) electrons. The Bertz CT molecular complexity index is 1120. The average Bonchev–Trinajstić information content (AvgIpc) is 3.13. The van der Waals surface area contributed by atoms with Gasteiger partial charge in [-0.05, 0) is 41.0 Å². The minimum Gasteiger partial charge on any atom is -0.378 e. The summed E-state index contributed by atoms with van der Waals surface area (Å²) in [6.45, 7) is 0. The number of nitrogens with zero attached hydrogens (tertiary/aromatic N) is 2. The van der Waals surface area contributed by atoms with Crippen molar-refractivity contribution in [2.75, 3.05) is 19.0 Å². The summed E-state index contributed by atoms with van der Waals surface area (Å²) in [5, 5.41) is 3.47. The van der Waals surface area contributed by atoms with Crippen molar-refractivity contribution in [3.63, 3.8) is 0 Å². The Kier molecular flexibility index (Phi) is 5.59. The van der Waals surface area contributed by atoms with Gasteiger partial charge in [0.15, 0.2) is 0 Å². The summed E-state index contributed by atoms with van der Waals surface area (Å²) in [4.78, 5) is 2.11. The standard InChI is InChI=1S/C26H25N2S/c1-27(2)22-16-13-20(14-17-22)15-18-26-28(3)25(19-29-26)24-12-8-7-11-23(24)21-9-5-4-6-10-21/h4-19H,1-3H3/q+1. The van der Waals surface area contributed by atoms with E-state index in [0.29, 0.717) is 0 Å². The van der Waals surface area contributed by atoms with E-state index in [-0.39, 0.29) is 0 Å². The van der Waals surface area contributed by atoms with E-state index >= 15 is 0 Å². The van der Waals surface area contributed by atoms with Gasteiger partial charge in [-0.2, -0.15) is 4.57 Å². The molecule has 0 atom stereocenters. The Morgan fingerprint density at radius 2 is 1.41 bits per heavy atom. The maximum Gasteiger partial charge on any atom is 0.261 e. The molecule has 0 saturated carbocycles. The zero-order valence-corrected chi connectivity index (χ0v) is 17.9. The number of anilines is 1. The van der Waals surface area contributed by atoms with Crippen LogP contribution in [0.5, 0.6) is 0 Å². The highest BCUT2D eigenvalue weighted by atomic mass is 32.1. The molecule has 0 unspecified atom stereocenters. The van der Waals surface area contributed by atoms with Crippen LogP contribution in [0.25, 0.3) is 34.5 Å². The summed E-state index contributed by atoms with van der Waals surface area (Å²) in [6.07, 6.45) is 4.38. The second kappa shape index (κ2) is 8.46. The van der Waals surface area contributed by atoms with Crippen molar-refractivity contribution in [2.24, 2.45) is 7.05 Å². The molecule has 0 saturated heterocycles. The van der Waals surface area contributed by atoms with E-state index in [9.17, 15) is 0 Å². The molecule has 0 amide bonds. The molecular weight excluding hydrogens is 372 g/mol. The van der Waals surface area contributed by atoms with Gasteiger partial charge in [-0.25, -0.2) is 0 Å². The highest BCUT2D eigenvalue weighted by molar-refractivity contribution is 7.10. The van der Waals surface area contributed by atoms with Gasteiger partial charge >= 0.3 is 0 Å². The fraction of sp³-hybridized carbons (Fsp3) is 0.115. The van der Waals surface area contributed by atoms with Crippen molar-refractivity contribution in [2.45, 2.75) is 0 Å². The SMILES string of the molecule is CN(C)c1ccc(C=Cc2scc(-c3ccccc3-c3ccccc3)[n+]2C)cc1. The van der Waals surface area contributed by atoms with E-state index in [2.05, 4.69) is 127 Å². The lowest BCUT2D eigenvalue weighted by molar-refractivity contribution is -0.657. The molecule has 0 N–H and O–H groups in total. The first-order valence-corrected chi connectivity index (χ1v) is 10.6. The Hall–Kier alpha value is -3.17. The van der Waals surface area contributed by atoms with Crippen LogP contribution >= 0.6 is 11.3 Å². The number of thiazole rings is 1. The molecule has 3 heteroatoms. The van der Waals surface area contributed by atoms with Crippen LogP contribution in [0.3, 0.4) is 0 Å². The monoisotopic (exact) mass is 397 g/mol. The smallest absolute Gasteiger partial charge is 0.261 e. The first kappa shape index (κ1) is 19.2. The second-order valence-electron chi connectivity index (χ2n) is 7.25. The third kappa shape index (κ3) is 4.15. The van der Waals surface area contributed by atoms with Gasteiger partial charge in [-0.15, -0.1) is 0 Å². The second-order valence-corrected chi connectivity index (χ2v) is 8.14. The van der Waals surface area contributed by atoms with E-state index in [1.807, 2.05) is 0 Å². The van der Waals surface area contributed by atoms with Crippen LogP contribution in [-0.4, -0.2) is 14.1 Å². The number of hydrogen-bond acceptors (Lipinski definition) is 2. The van der Waals surface area contributed by atoms with Gasteiger partial charge in [-0.1, -0.05) is 72.0 Å². The average molecular weight is 398 g/mol. The van der Waals surface area contributed by atoms with Crippen molar-refractivity contribution >= 4 is 29.2 Å². The Morgan fingerprint density at radius 3 is 2.10 bits per heavy atom. The third-order valence-electron chi connectivity index (χ3n) is 5.10. The molecule has 0 aliphatic rings. The molecule has 1 aromatic heterocycles. The minimum atomic E-state index is 1.20. The van der Waals surface area contributed by atoms with E-state index < -0.39 is 0 Å². The molecule has 144 valence electrons. The van der Waals surface area contributed by atoms with Gasteiger partial charge in [0.1, 0.15) is 7.05 Å². The van der Waals surface area contributed by atoms with Gasteiger partial charge in [0.2, 0.25) is 5.69 Å². The summed E-state index contributed by atoms with van der Waals surface area (Å²) in [7, 11) is 6.26. The molecule has 4 aromatic rings. The zero-order chi connectivity index (χ0) is 20.2. The molecule has 0 aliphatic carbocycles. The molecule has 0 spiro atoms. The number of benzene rings is 3. The van der Waals surface area contributed by atoms with Crippen LogP contribution in [0.4, 0.5) is 5.69 Å². The molecule has 0 fully saturated rings. The fourth-order valence-electron chi connectivity index (χ4n) is 3.42. The molecule has 0 bridgehead atoms. The van der Waals surface area contributed by atoms with E-state index in [1.54, 1.807) is 11.3 Å². The fourth-order valence-corrected chi connectivity index (χ4v) is 4.34. The highest BCUT2D eigenvalue weighted by Gasteiger charge is 2.19. The Labute approximate surface area is 177 Å². The quantitative estimate of drug-likeness (QED) is 0.367. The topological polar surface area (TPSA) is 7.12 Å². The van der Waals surface area contributed by atoms with Gasteiger partial charge in [-0.3, -0.25) is 0 Å². The van der Waals surface area contributed by atoms with E-state index in [4.69, 9.17) is 0 Å². The molecule has 29 heavy (non-hydrogen) atoms. The lowest BCUT2D eigenvalue weighted by Crippen LogP contribution is -2.31. The van der Waals surface area contributed by atoms with E-state index in [0.717, 1.165) is 0 Å². The summed E-state index contributed by atoms with van der Waals surface area (Å²) in [5.41, 5.74) is 7.41.